The number of rotatable bonds is 4. The van der Waals surface area contributed by atoms with Crippen LogP contribution in [0.4, 0.5) is 10.8 Å². The van der Waals surface area contributed by atoms with Gasteiger partial charge < -0.3 is 11.1 Å². The van der Waals surface area contributed by atoms with Gasteiger partial charge in [-0.2, -0.15) is 9.47 Å². The van der Waals surface area contributed by atoms with Gasteiger partial charge in [0.1, 0.15) is 17.1 Å². The second-order valence-electron chi connectivity index (χ2n) is 4.33. The lowest BCUT2D eigenvalue weighted by molar-refractivity contribution is 0.747. The van der Waals surface area contributed by atoms with Crippen LogP contribution in [0.3, 0.4) is 0 Å². The largest absolute Gasteiger partial charge is 0.382 e. The molecule has 7 heteroatoms. The van der Waals surface area contributed by atoms with Gasteiger partial charge in [-0.05, 0) is 17.1 Å². The molecule has 2 heterocycles. The fourth-order valence-electron chi connectivity index (χ4n) is 1.93. The maximum absolute atomic E-state index is 5.97. The zero-order valence-electron chi connectivity index (χ0n) is 10.9. The van der Waals surface area contributed by atoms with E-state index in [2.05, 4.69) is 19.8 Å². The van der Waals surface area contributed by atoms with Crippen LogP contribution in [0.25, 0.3) is 11.1 Å². The fraction of sp³-hybridized carbons (Fsp3) is 0.154. The summed E-state index contributed by atoms with van der Waals surface area (Å²) in [5, 5.41) is 8.46. The highest BCUT2D eigenvalue weighted by molar-refractivity contribution is 7.11. The van der Waals surface area contributed by atoms with Crippen molar-refractivity contribution in [2.75, 3.05) is 11.1 Å². The second-order valence-corrected chi connectivity index (χ2v) is 5.10. The predicted octanol–water partition coefficient (Wildman–Crippen LogP) is 2.13. The number of benzene rings is 1. The van der Waals surface area contributed by atoms with E-state index in [1.54, 1.807) is 11.0 Å². The molecule has 2 aromatic heterocycles. The van der Waals surface area contributed by atoms with Gasteiger partial charge in [-0.1, -0.05) is 30.3 Å². The van der Waals surface area contributed by atoms with E-state index in [-0.39, 0.29) is 0 Å². The minimum absolute atomic E-state index is 0.540. The third-order valence-corrected chi connectivity index (χ3v) is 3.65. The fourth-order valence-corrected chi connectivity index (χ4v) is 2.66. The highest BCUT2D eigenvalue weighted by Gasteiger charge is 2.13. The molecule has 0 aliphatic rings. The smallest absolute Gasteiger partial charge is 0.169 e. The van der Waals surface area contributed by atoms with Crippen molar-refractivity contribution in [1.29, 1.82) is 0 Å². The van der Waals surface area contributed by atoms with Crippen molar-refractivity contribution < 1.29 is 0 Å². The summed E-state index contributed by atoms with van der Waals surface area (Å²) < 4.78 is 5.90. The molecule has 0 saturated carbocycles. The van der Waals surface area contributed by atoms with Crippen molar-refractivity contribution in [3.63, 3.8) is 0 Å². The van der Waals surface area contributed by atoms with Gasteiger partial charge in [-0.3, -0.25) is 4.68 Å². The van der Waals surface area contributed by atoms with Crippen LogP contribution >= 0.6 is 11.5 Å². The molecular formula is C13H14N6S. The van der Waals surface area contributed by atoms with Crippen LogP contribution in [0.15, 0.2) is 36.7 Å². The van der Waals surface area contributed by atoms with Crippen LogP contribution in [0.1, 0.15) is 5.82 Å². The minimum Gasteiger partial charge on any atom is -0.382 e. The number of nitrogen functional groups attached to an aromatic ring is 1. The summed E-state index contributed by atoms with van der Waals surface area (Å²) in [6.07, 6.45) is 1.68. The molecule has 3 N–H and O–H groups in total. The van der Waals surface area contributed by atoms with E-state index in [0.29, 0.717) is 12.4 Å². The van der Waals surface area contributed by atoms with Gasteiger partial charge in [0.05, 0.1) is 12.1 Å². The average Bonchev–Trinajstić information content (AvgIpc) is 3.03. The maximum atomic E-state index is 5.97. The number of nitrogens with zero attached hydrogens (tertiary/aromatic N) is 4. The lowest BCUT2D eigenvalue weighted by Gasteiger charge is -2.05. The summed E-state index contributed by atoms with van der Waals surface area (Å²) in [6.45, 7) is 0.544. The molecule has 0 unspecified atom stereocenters. The van der Waals surface area contributed by atoms with Crippen LogP contribution in [-0.4, -0.2) is 19.1 Å². The number of hydrogen-bond donors (Lipinski definition) is 2. The van der Waals surface area contributed by atoms with Crippen molar-refractivity contribution in [2.24, 2.45) is 7.05 Å². The summed E-state index contributed by atoms with van der Waals surface area (Å²) in [6, 6.07) is 9.98. The monoisotopic (exact) mass is 286 g/mol. The standard InChI is InChI=1S/C13H14N6S/c1-19-8-16-10(17-19)7-15-13-11(12(14)18-20-13)9-5-3-2-4-6-9/h2-6,8,15H,7H2,1H3,(H2,14,18). The van der Waals surface area contributed by atoms with Crippen LogP contribution in [0.2, 0.25) is 0 Å². The van der Waals surface area contributed by atoms with Crippen molar-refractivity contribution >= 4 is 22.4 Å². The predicted molar refractivity (Wildman–Crippen MR) is 80.3 cm³/mol. The quantitative estimate of drug-likeness (QED) is 0.768. The summed E-state index contributed by atoms with van der Waals surface area (Å²) in [7, 11) is 1.84. The van der Waals surface area contributed by atoms with Crippen molar-refractivity contribution in [1.82, 2.24) is 19.1 Å². The molecule has 0 amide bonds. The number of anilines is 2. The van der Waals surface area contributed by atoms with Gasteiger partial charge >= 0.3 is 0 Å². The van der Waals surface area contributed by atoms with E-state index >= 15 is 0 Å². The molecule has 1 aromatic carbocycles. The molecule has 0 fully saturated rings. The number of nitrogens with two attached hydrogens (primary N) is 1. The highest BCUT2D eigenvalue weighted by atomic mass is 32.1. The summed E-state index contributed by atoms with van der Waals surface area (Å²) in [5.74, 6) is 1.27. The zero-order valence-corrected chi connectivity index (χ0v) is 11.8. The van der Waals surface area contributed by atoms with Gasteiger partial charge in [0.2, 0.25) is 0 Å². The summed E-state index contributed by atoms with van der Waals surface area (Å²) >= 11 is 1.35. The maximum Gasteiger partial charge on any atom is 0.169 e. The molecule has 3 aromatic rings. The van der Waals surface area contributed by atoms with Crippen molar-refractivity contribution in [3.8, 4) is 11.1 Å². The summed E-state index contributed by atoms with van der Waals surface area (Å²) in [5.41, 5.74) is 7.96. The molecule has 0 aliphatic carbocycles. The topological polar surface area (TPSA) is 81.7 Å². The molecule has 3 rings (SSSR count). The number of aryl methyl sites for hydroxylation is 1. The SMILES string of the molecule is Cn1cnc(CNc2snc(N)c2-c2ccccc2)n1. The molecule has 0 aliphatic heterocycles. The van der Waals surface area contributed by atoms with E-state index in [9.17, 15) is 0 Å². The van der Waals surface area contributed by atoms with Crippen molar-refractivity contribution in [3.05, 3.63) is 42.5 Å². The molecule has 102 valence electrons. The van der Waals surface area contributed by atoms with Gasteiger partial charge in [-0.15, -0.1) is 0 Å². The first-order valence-electron chi connectivity index (χ1n) is 6.13. The Labute approximate surface area is 120 Å². The molecule has 0 radical (unpaired) electrons. The highest BCUT2D eigenvalue weighted by Crippen LogP contribution is 2.36. The minimum atomic E-state index is 0.540. The number of nitrogens with one attached hydrogen (secondary N) is 1. The first kappa shape index (κ1) is 12.6. The normalized spacial score (nSPS) is 10.7. The van der Waals surface area contributed by atoms with Crippen LogP contribution in [0.5, 0.6) is 0 Å². The first-order valence-corrected chi connectivity index (χ1v) is 6.90. The van der Waals surface area contributed by atoms with Gasteiger partial charge in [0.15, 0.2) is 5.82 Å². The summed E-state index contributed by atoms with van der Waals surface area (Å²) in [4.78, 5) is 4.18. The Hall–Kier alpha value is -2.41. The zero-order chi connectivity index (χ0) is 13.9. The van der Waals surface area contributed by atoms with Gasteiger partial charge in [0.25, 0.3) is 0 Å². The average molecular weight is 286 g/mol. The first-order chi connectivity index (χ1) is 9.74. The Morgan fingerprint density at radius 2 is 2.10 bits per heavy atom. The third kappa shape index (κ3) is 2.48. The Morgan fingerprint density at radius 3 is 2.80 bits per heavy atom. The van der Waals surface area contributed by atoms with Crippen molar-refractivity contribution in [2.45, 2.75) is 6.54 Å². The third-order valence-electron chi connectivity index (χ3n) is 2.84. The molecule has 20 heavy (non-hydrogen) atoms. The Bertz CT molecular complexity index is 703. The molecule has 0 spiro atoms. The van der Waals surface area contributed by atoms with E-state index in [4.69, 9.17) is 5.73 Å². The number of aromatic nitrogens is 4. The lowest BCUT2D eigenvalue weighted by atomic mass is 10.1. The Kier molecular flexibility index (Phi) is 3.34. The van der Waals surface area contributed by atoms with Crippen LogP contribution in [0, 0.1) is 0 Å². The van der Waals surface area contributed by atoms with Gasteiger partial charge in [0, 0.05) is 7.05 Å². The van der Waals surface area contributed by atoms with E-state index in [1.165, 1.54) is 11.5 Å². The van der Waals surface area contributed by atoms with E-state index in [1.807, 2.05) is 37.4 Å². The Balaban J connectivity index is 1.84. The molecule has 0 atom stereocenters. The van der Waals surface area contributed by atoms with Gasteiger partial charge in [-0.25, -0.2) is 4.98 Å². The van der Waals surface area contributed by atoms with Crippen LogP contribution in [-0.2, 0) is 13.6 Å². The lowest BCUT2D eigenvalue weighted by Crippen LogP contribution is -2.02. The van der Waals surface area contributed by atoms with E-state index in [0.717, 1.165) is 22.0 Å². The Morgan fingerprint density at radius 1 is 1.30 bits per heavy atom. The molecule has 6 nitrogen and oxygen atoms in total. The molecule has 0 saturated heterocycles. The molecular weight excluding hydrogens is 272 g/mol. The van der Waals surface area contributed by atoms with E-state index < -0.39 is 0 Å². The second kappa shape index (κ2) is 5.30. The molecule has 0 bridgehead atoms. The van der Waals surface area contributed by atoms with Crippen LogP contribution < -0.4 is 11.1 Å². The number of hydrogen-bond acceptors (Lipinski definition) is 6.